The van der Waals surface area contributed by atoms with Crippen LogP contribution in [0.4, 0.5) is 0 Å². The molecule has 3 unspecified atom stereocenters. The number of fused-ring (bicyclic) bond motifs is 1. The largest absolute Gasteiger partial charge is 0.311 e. The molecule has 3 heteroatoms. The second kappa shape index (κ2) is 4.13. The topological polar surface area (TPSA) is 37.8 Å². The van der Waals surface area contributed by atoms with E-state index in [0.717, 1.165) is 23.4 Å². The van der Waals surface area contributed by atoms with Crippen molar-refractivity contribution >= 4 is 0 Å². The number of hydrogen-bond acceptors (Lipinski definition) is 3. The van der Waals surface area contributed by atoms with E-state index in [1.165, 1.54) is 25.7 Å². The Hall–Kier alpha value is -0.960. The van der Waals surface area contributed by atoms with Crippen LogP contribution in [0.3, 0.4) is 0 Å². The summed E-state index contributed by atoms with van der Waals surface area (Å²) in [6, 6.07) is 0.418. The van der Waals surface area contributed by atoms with Gasteiger partial charge in [0.25, 0.3) is 0 Å². The highest BCUT2D eigenvalue weighted by Crippen LogP contribution is 2.59. The molecule has 2 fully saturated rings. The van der Waals surface area contributed by atoms with Crippen molar-refractivity contribution in [3.05, 3.63) is 24.3 Å². The third kappa shape index (κ3) is 1.63. The molecule has 86 valence electrons. The molecule has 0 bridgehead atoms. The van der Waals surface area contributed by atoms with Gasteiger partial charge in [0.1, 0.15) is 0 Å². The first-order chi connectivity index (χ1) is 7.92. The summed E-state index contributed by atoms with van der Waals surface area (Å²) in [6.45, 7) is 0. The maximum Gasteiger partial charge on any atom is 0.0759 e. The van der Waals surface area contributed by atoms with Crippen LogP contribution < -0.4 is 5.32 Å². The van der Waals surface area contributed by atoms with Crippen LogP contribution in [-0.4, -0.2) is 17.0 Å². The van der Waals surface area contributed by atoms with Crippen LogP contribution in [-0.2, 0) is 0 Å². The van der Waals surface area contributed by atoms with E-state index in [1.54, 1.807) is 12.4 Å². The Morgan fingerprint density at radius 3 is 2.56 bits per heavy atom. The van der Waals surface area contributed by atoms with Crippen molar-refractivity contribution in [2.75, 3.05) is 7.05 Å². The summed E-state index contributed by atoms with van der Waals surface area (Å²) in [5, 5.41) is 3.43. The zero-order valence-corrected chi connectivity index (χ0v) is 9.76. The van der Waals surface area contributed by atoms with E-state index in [-0.39, 0.29) is 0 Å². The van der Waals surface area contributed by atoms with Gasteiger partial charge in [0.2, 0.25) is 0 Å². The molecule has 1 N–H and O–H groups in total. The van der Waals surface area contributed by atoms with Crippen LogP contribution in [0.1, 0.15) is 37.4 Å². The summed E-state index contributed by atoms with van der Waals surface area (Å²) in [4.78, 5) is 8.62. The van der Waals surface area contributed by atoms with Gasteiger partial charge in [-0.05, 0) is 37.6 Å². The molecular formula is C13H19N3. The van der Waals surface area contributed by atoms with Gasteiger partial charge in [-0.3, -0.25) is 9.97 Å². The molecule has 1 aromatic heterocycles. The van der Waals surface area contributed by atoms with Crippen molar-refractivity contribution in [3.63, 3.8) is 0 Å². The Balaban J connectivity index is 1.77. The highest BCUT2D eigenvalue weighted by atomic mass is 15.0. The lowest BCUT2D eigenvalue weighted by atomic mass is 10.0. The summed E-state index contributed by atoms with van der Waals surface area (Å²) in [7, 11) is 2.05. The molecule has 0 aromatic carbocycles. The molecule has 0 spiro atoms. The first kappa shape index (κ1) is 10.2. The Labute approximate surface area is 96.7 Å². The average Bonchev–Trinajstić information content (AvgIpc) is 3.07. The van der Waals surface area contributed by atoms with Crippen molar-refractivity contribution in [3.8, 4) is 0 Å². The van der Waals surface area contributed by atoms with Gasteiger partial charge in [-0.2, -0.15) is 0 Å². The van der Waals surface area contributed by atoms with Gasteiger partial charge in [-0.25, -0.2) is 0 Å². The maximum absolute atomic E-state index is 4.44. The van der Waals surface area contributed by atoms with Crippen LogP contribution >= 0.6 is 0 Å². The van der Waals surface area contributed by atoms with Crippen molar-refractivity contribution in [2.24, 2.45) is 17.8 Å². The lowest BCUT2D eigenvalue weighted by Gasteiger charge is -2.15. The van der Waals surface area contributed by atoms with Gasteiger partial charge < -0.3 is 5.32 Å². The quantitative estimate of drug-likeness (QED) is 0.843. The molecule has 0 radical (unpaired) electrons. The number of aromatic nitrogens is 2. The van der Waals surface area contributed by atoms with Crippen LogP contribution in [0.25, 0.3) is 0 Å². The van der Waals surface area contributed by atoms with E-state index in [1.807, 2.05) is 13.2 Å². The van der Waals surface area contributed by atoms with Crippen molar-refractivity contribution in [1.82, 2.24) is 15.3 Å². The van der Waals surface area contributed by atoms with Crippen molar-refractivity contribution in [1.29, 1.82) is 0 Å². The Morgan fingerprint density at radius 1 is 1.25 bits per heavy atom. The number of hydrogen-bond donors (Lipinski definition) is 1. The molecule has 0 aliphatic heterocycles. The molecule has 3 rings (SSSR count). The van der Waals surface area contributed by atoms with Gasteiger partial charge in [-0.15, -0.1) is 0 Å². The fraction of sp³-hybridized carbons (Fsp3) is 0.692. The van der Waals surface area contributed by atoms with E-state index in [9.17, 15) is 0 Å². The molecule has 2 saturated carbocycles. The van der Waals surface area contributed by atoms with E-state index in [2.05, 4.69) is 15.3 Å². The predicted octanol–water partition coefficient (Wildman–Crippen LogP) is 2.17. The summed E-state index contributed by atoms with van der Waals surface area (Å²) >= 11 is 0. The fourth-order valence-corrected chi connectivity index (χ4v) is 3.55. The minimum atomic E-state index is 0.418. The highest BCUT2D eigenvalue weighted by Gasteiger charge is 2.54. The molecule has 1 aromatic rings. The minimum Gasteiger partial charge on any atom is -0.311 e. The van der Waals surface area contributed by atoms with Crippen molar-refractivity contribution < 1.29 is 0 Å². The molecule has 0 saturated heterocycles. The number of rotatable bonds is 3. The first-order valence-electron chi connectivity index (χ1n) is 6.35. The first-order valence-corrected chi connectivity index (χ1v) is 6.35. The second-order valence-electron chi connectivity index (χ2n) is 5.09. The lowest BCUT2D eigenvalue weighted by Crippen LogP contribution is -2.21. The molecule has 3 atom stereocenters. The molecular weight excluding hydrogens is 198 g/mol. The van der Waals surface area contributed by atoms with E-state index in [0.29, 0.717) is 6.04 Å². The van der Waals surface area contributed by atoms with E-state index >= 15 is 0 Å². The van der Waals surface area contributed by atoms with Gasteiger partial charge in [0.15, 0.2) is 0 Å². The molecule has 2 aliphatic carbocycles. The minimum absolute atomic E-state index is 0.418. The number of nitrogens with one attached hydrogen (secondary N) is 1. The van der Waals surface area contributed by atoms with Crippen LogP contribution in [0.15, 0.2) is 18.6 Å². The van der Waals surface area contributed by atoms with Crippen molar-refractivity contribution in [2.45, 2.75) is 31.7 Å². The Kier molecular flexibility index (Phi) is 2.64. The summed E-state index contributed by atoms with van der Waals surface area (Å²) in [6.07, 6.45) is 11.2. The smallest absolute Gasteiger partial charge is 0.0759 e. The van der Waals surface area contributed by atoms with Gasteiger partial charge >= 0.3 is 0 Å². The standard InChI is InChI=1S/C13H19N3/c1-14-13(11-8-15-6-7-16-11)12-9-4-2-3-5-10(9)12/h6-10,12-14H,2-5H2,1H3. The summed E-state index contributed by atoms with van der Waals surface area (Å²) < 4.78 is 0. The SMILES string of the molecule is CNC(c1cnccn1)C1C2CCCCC21. The third-order valence-electron chi connectivity index (χ3n) is 4.32. The van der Waals surface area contributed by atoms with Gasteiger partial charge in [0.05, 0.1) is 11.7 Å². The zero-order chi connectivity index (χ0) is 11.0. The average molecular weight is 217 g/mol. The summed E-state index contributed by atoms with van der Waals surface area (Å²) in [5.41, 5.74) is 1.12. The van der Waals surface area contributed by atoms with Crippen LogP contribution in [0.5, 0.6) is 0 Å². The van der Waals surface area contributed by atoms with E-state index in [4.69, 9.17) is 0 Å². The molecule has 3 nitrogen and oxygen atoms in total. The monoisotopic (exact) mass is 217 g/mol. The normalized spacial score (nSPS) is 34.2. The van der Waals surface area contributed by atoms with Crippen LogP contribution in [0.2, 0.25) is 0 Å². The highest BCUT2D eigenvalue weighted by molar-refractivity contribution is 5.13. The molecule has 16 heavy (non-hydrogen) atoms. The number of nitrogens with zero attached hydrogens (tertiary/aromatic N) is 2. The fourth-order valence-electron chi connectivity index (χ4n) is 3.55. The third-order valence-corrected chi connectivity index (χ3v) is 4.32. The Bertz CT molecular complexity index is 339. The molecule has 1 heterocycles. The van der Waals surface area contributed by atoms with E-state index < -0.39 is 0 Å². The molecule has 2 aliphatic rings. The summed E-state index contributed by atoms with van der Waals surface area (Å²) in [5.74, 6) is 2.71. The predicted molar refractivity (Wildman–Crippen MR) is 62.8 cm³/mol. The van der Waals surface area contributed by atoms with Gasteiger partial charge in [-0.1, -0.05) is 12.8 Å². The Morgan fingerprint density at radius 2 is 2.00 bits per heavy atom. The lowest BCUT2D eigenvalue weighted by molar-refractivity contribution is 0.469. The zero-order valence-electron chi connectivity index (χ0n) is 9.76. The molecule has 0 amide bonds. The second-order valence-corrected chi connectivity index (χ2v) is 5.09. The van der Waals surface area contributed by atoms with Gasteiger partial charge in [0, 0.05) is 18.6 Å². The maximum atomic E-state index is 4.44. The van der Waals surface area contributed by atoms with Crippen LogP contribution in [0, 0.1) is 17.8 Å².